The molecule has 5 rings (SSSR count). The number of aromatic nitrogens is 6. The number of hydrogen-bond acceptors (Lipinski definition) is 8. The molecule has 5 heterocycles. The summed E-state index contributed by atoms with van der Waals surface area (Å²) in [6.07, 6.45) is 7.61. The third-order valence-electron chi connectivity index (χ3n) is 5.74. The summed E-state index contributed by atoms with van der Waals surface area (Å²) >= 11 is 0. The molecule has 0 saturated carbocycles. The Morgan fingerprint density at radius 1 is 1.21 bits per heavy atom. The van der Waals surface area contributed by atoms with Crippen LogP contribution in [-0.4, -0.2) is 55.5 Å². The van der Waals surface area contributed by atoms with Crippen molar-refractivity contribution in [1.29, 1.82) is 0 Å². The molecular formula is C19H24N8O. The molecule has 28 heavy (non-hydrogen) atoms. The van der Waals surface area contributed by atoms with Crippen LogP contribution in [0, 0.1) is 5.92 Å². The van der Waals surface area contributed by atoms with E-state index in [0.717, 1.165) is 54.8 Å². The standard InChI is InChI=1S/C19H24N8O/c1-3-11(2)27-17-15(7-23-27)16(13-5-21-18(20)22-6-13)24-19(25-17)26-8-12-4-14(9-26)28-10-12/h5-7,11-12,14H,3-4,8-10H2,1-2H3,(H2,20,21,22). The van der Waals surface area contributed by atoms with Gasteiger partial charge in [-0.2, -0.15) is 10.1 Å². The molecule has 3 aromatic heterocycles. The number of fused-ring (bicyclic) bond motifs is 3. The van der Waals surface area contributed by atoms with Crippen molar-refractivity contribution in [3.8, 4) is 11.3 Å². The van der Waals surface area contributed by atoms with E-state index < -0.39 is 0 Å². The van der Waals surface area contributed by atoms with E-state index in [1.807, 2.05) is 10.9 Å². The van der Waals surface area contributed by atoms with Crippen molar-refractivity contribution in [1.82, 2.24) is 29.7 Å². The second-order valence-corrected chi connectivity index (χ2v) is 7.75. The molecule has 2 saturated heterocycles. The third kappa shape index (κ3) is 2.86. The van der Waals surface area contributed by atoms with Crippen LogP contribution in [0.15, 0.2) is 18.6 Å². The summed E-state index contributed by atoms with van der Waals surface area (Å²) in [4.78, 5) is 20.3. The first-order valence-electron chi connectivity index (χ1n) is 9.82. The number of nitrogen functional groups attached to an aromatic ring is 1. The van der Waals surface area contributed by atoms with Gasteiger partial charge in [-0.05, 0) is 19.8 Å². The molecule has 2 bridgehead atoms. The normalized spacial score (nSPS) is 22.7. The fourth-order valence-corrected chi connectivity index (χ4v) is 4.06. The molecule has 2 N–H and O–H groups in total. The van der Waals surface area contributed by atoms with Crippen LogP contribution < -0.4 is 10.6 Å². The fourth-order valence-electron chi connectivity index (χ4n) is 4.06. The van der Waals surface area contributed by atoms with E-state index in [1.165, 1.54) is 0 Å². The van der Waals surface area contributed by atoms with Gasteiger partial charge in [0, 0.05) is 37.0 Å². The Labute approximate surface area is 163 Å². The Morgan fingerprint density at radius 2 is 2.04 bits per heavy atom. The Kier molecular flexibility index (Phi) is 4.12. The smallest absolute Gasteiger partial charge is 0.228 e. The van der Waals surface area contributed by atoms with E-state index in [4.69, 9.17) is 20.4 Å². The molecule has 0 aliphatic carbocycles. The number of rotatable bonds is 4. The van der Waals surface area contributed by atoms with Crippen LogP contribution in [-0.2, 0) is 4.74 Å². The van der Waals surface area contributed by atoms with Crippen molar-refractivity contribution in [2.24, 2.45) is 5.92 Å². The summed E-state index contributed by atoms with van der Waals surface area (Å²) < 4.78 is 7.84. The highest BCUT2D eigenvalue weighted by atomic mass is 16.5. The van der Waals surface area contributed by atoms with Crippen molar-refractivity contribution < 1.29 is 4.74 Å². The topological polar surface area (TPSA) is 108 Å². The highest BCUT2D eigenvalue weighted by molar-refractivity contribution is 5.91. The van der Waals surface area contributed by atoms with Crippen molar-refractivity contribution in [3.05, 3.63) is 18.6 Å². The lowest BCUT2D eigenvalue weighted by atomic mass is 10.0. The predicted octanol–water partition coefficient (Wildman–Crippen LogP) is 2.06. The van der Waals surface area contributed by atoms with Gasteiger partial charge in [-0.1, -0.05) is 6.92 Å². The minimum absolute atomic E-state index is 0.245. The van der Waals surface area contributed by atoms with E-state index in [9.17, 15) is 0 Å². The van der Waals surface area contributed by atoms with E-state index in [2.05, 4.69) is 33.8 Å². The quantitative estimate of drug-likeness (QED) is 0.733. The van der Waals surface area contributed by atoms with Gasteiger partial charge in [-0.15, -0.1) is 0 Å². The van der Waals surface area contributed by atoms with Crippen LogP contribution >= 0.6 is 0 Å². The highest BCUT2D eigenvalue weighted by Gasteiger charge is 2.35. The van der Waals surface area contributed by atoms with Crippen LogP contribution in [0.5, 0.6) is 0 Å². The minimum Gasteiger partial charge on any atom is -0.376 e. The average molecular weight is 380 g/mol. The van der Waals surface area contributed by atoms with E-state index >= 15 is 0 Å². The first-order valence-corrected chi connectivity index (χ1v) is 9.82. The van der Waals surface area contributed by atoms with Crippen molar-refractivity contribution in [3.63, 3.8) is 0 Å². The van der Waals surface area contributed by atoms with E-state index in [-0.39, 0.29) is 18.1 Å². The molecule has 2 aliphatic rings. The summed E-state index contributed by atoms with van der Waals surface area (Å²) in [6, 6.07) is 0.247. The van der Waals surface area contributed by atoms with Gasteiger partial charge in [0.05, 0.1) is 36.0 Å². The third-order valence-corrected chi connectivity index (χ3v) is 5.74. The number of ether oxygens (including phenoxy) is 1. The predicted molar refractivity (Wildman–Crippen MR) is 106 cm³/mol. The Balaban J connectivity index is 1.66. The maximum absolute atomic E-state index is 5.86. The average Bonchev–Trinajstić information content (AvgIpc) is 3.29. The monoisotopic (exact) mass is 380 g/mol. The summed E-state index contributed by atoms with van der Waals surface area (Å²) in [6.45, 7) is 6.85. The molecule has 146 valence electrons. The van der Waals surface area contributed by atoms with Gasteiger partial charge in [-0.25, -0.2) is 19.6 Å². The Morgan fingerprint density at radius 3 is 2.79 bits per heavy atom. The molecule has 0 radical (unpaired) electrons. The number of piperidine rings is 1. The lowest BCUT2D eigenvalue weighted by molar-refractivity contribution is 0.119. The maximum Gasteiger partial charge on any atom is 0.228 e. The summed E-state index contributed by atoms with van der Waals surface area (Å²) in [5.74, 6) is 1.50. The molecule has 2 fully saturated rings. The second kappa shape index (κ2) is 6.66. The molecular weight excluding hydrogens is 356 g/mol. The molecule has 9 heteroatoms. The fraction of sp³-hybridized carbons (Fsp3) is 0.526. The first kappa shape index (κ1) is 17.3. The molecule has 2 aliphatic heterocycles. The minimum atomic E-state index is 0.245. The van der Waals surface area contributed by atoms with Crippen LogP contribution in [0.2, 0.25) is 0 Å². The van der Waals surface area contributed by atoms with Gasteiger partial charge in [-0.3, -0.25) is 0 Å². The molecule has 3 atom stereocenters. The Bertz CT molecular complexity index is 989. The number of nitrogens with two attached hydrogens (primary N) is 1. The molecule has 3 aromatic rings. The van der Waals surface area contributed by atoms with Crippen LogP contribution in [0.4, 0.5) is 11.9 Å². The zero-order chi connectivity index (χ0) is 19.3. The van der Waals surface area contributed by atoms with Gasteiger partial charge >= 0.3 is 0 Å². The summed E-state index contributed by atoms with van der Waals surface area (Å²) in [5.41, 5.74) is 8.10. The zero-order valence-corrected chi connectivity index (χ0v) is 16.1. The van der Waals surface area contributed by atoms with Gasteiger partial charge in [0.25, 0.3) is 0 Å². The van der Waals surface area contributed by atoms with Crippen molar-refractivity contribution in [2.45, 2.75) is 38.8 Å². The molecule has 3 unspecified atom stereocenters. The Hall–Kier alpha value is -2.81. The van der Waals surface area contributed by atoms with E-state index in [0.29, 0.717) is 11.9 Å². The van der Waals surface area contributed by atoms with Crippen molar-refractivity contribution in [2.75, 3.05) is 30.3 Å². The number of nitrogens with zero attached hydrogens (tertiary/aromatic N) is 7. The molecule has 0 aromatic carbocycles. The maximum atomic E-state index is 5.86. The summed E-state index contributed by atoms with van der Waals surface area (Å²) in [7, 11) is 0. The van der Waals surface area contributed by atoms with Crippen LogP contribution in [0.25, 0.3) is 22.3 Å². The highest BCUT2D eigenvalue weighted by Crippen LogP contribution is 2.33. The lowest BCUT2D eigenvalue weighted by Crippen LogP contribution is -2.40. The molecule has 9 nitrogen and oxygen atoms in total. The van der Waals surface area contributed by atoms with Gasteiger partial charge in [0.15, 0.2) is 5.65 Å². The van der Waals surface area contributed by atoms with E-state index in [1.54, 1.807) is 12.4 Å². The van der Waals surface area contributed by atoms with Crippen LogP contribution in [0.3, 0.4) is 0 Å². The summed E-state index contributed by atoms with van der Waals surface area (Å²) in [5, 5.41) is 5.50. The second-order valence-electron chi connectivity index (χ2n) is 7.75. The van der Waals surface area contributed by atoms with Crippen molar-refractivity contribution >= 4 is 22.9 Å². The molecule has 0 amide bonds. The van der Waals surface area contributed by atoms with Gasteiger partial charge in [0.1, 0.15) is 0 Å². The number of anilines is 2. The number of hydrogen-bond donors (Lipinski definition) is 1. The largest absolute Gasteiger partial charge is 0.376 e. The zero-order valence-electron chi connectivity index (χ0n) is 16.1. The molecule has 0 spiro atoms. The lowest BCUT2D eigenvalue weighted by Gasteiger charge is -2.30. The van der Waals surface area contributed by atoms with Gasteiger partial charge in [0.2, 0.25) is 11.9 Å². The van der Waals surface area contributed by atoms with Crippen LogP contribution in [0.1, 0.15) is 32.7 Å². The van der Waals surface area contributed by atoms with Gasteiger partial charge < -0.3 is 15.4 Å². The first-order chi connectivity index (χ1) is 13.6. The SMILES string of the molecule is CCC(C)n1ncc2c(-c3cnc(N)nc3)nc(N3CC4COC(C4)C3)nc21.